The van der Waals surface area contributed by atoms with Gasteiger partial charge in [-0.1, -0.05) is 12.1 Å². The molecule has 1 aromatic rings. The minimum Gasteiger partial charge on any atom is -0.435 e. The summed E-state index contributed by atoms with van der Waals surface area (Å²) >= 11 is 0. The summed E-state index contributed by atoms with van der Waals surface area (Å²) in [5, 5.41) is 0. The molecule has 8 heteroatoms. The Labute approximate surface area is 176 Å². The van der Waals surface area contributed by atoms with Gasteiger partial charge in [0.1, 0.15) is 5.75 Å². The van der Waals surface area contributed by atoms with Gasteiger partial charge in [-0.2, -0.15) is 8.78 Å². The molecule has 3 rings (SSSR count). The molecular formula is C22H30F2N2O4. The fraction of sp³-hybridized carbons (Fsp3) is 0.636. The Morgan fingerprint density at radius 3 is 2.23 bits per heavy atom. The van der Waals surface area contributed by atoms with E-state index >= 15 is 0 Å². The van der Waals surface area contributed by atoms with Gasteiger partial charge >= 0.3 is 6.61 Å². The van der Waals surface area contributed by atoms with Gasteiger partial charge in [-0.05, 0) is 50.8 Å². The van der Waals surface area contributed by atoms with Crippen LogP contribution in [0.4, 0.5) is 8.78 Å². The molecule has 0 aliphatic carbocycles. The van der Waals surface area contributed by atoms with Crippen LogP contribution in [0.3, 0.4) is 0 Å². The van der Waals surface area contributed by atoms with E-state index in [-0.39, 0.29) is 35.7 Å². The number of aryl methyl sites for hydroxylation is 1. The normalized spacial score (nSPS) is 23.0. The number of amides is 2. The Balaban J connectivity index is 1.42. The highest BCUT2D eigenvalue weighted by Gasteiger charge is 2.33. The Morgan fingerprint density at radius 2 is 1.67 bits per heavy atom. The van der Waals surface area contributed by atoms with Crippen LogP contribution >= 0.6 is 0 Å². The lowest BCUT2D eigenvalue weighted by atomic mass is 9.94. The predicted octanol–water partition coefficient (Wildman–Crippen LogP) is 3.10. The summed E-state index contributed by atoms with van der Waals surface area (Å²) in [6, 6.07) is 6.35. The van der Waals surface area contributed by atoms with E-state index in [1.54, 1.807) is 12.1 Å². The highest BCUT2D eigenvalue weighted by molar-refractivity contribution is 5.80. The summed E-state index contributed by atoms with van der Waals surface area (Å²) in [5.41, 5.74) is 0.894. The fourth-order valence-corrected chi connectivity index (χ4v) is 4.24. The molecule has 1 aromatic carbocycles. The number of likely N-dealkylation sites (tertiary alicyclic amines) is 1. The van der Waals surface area contributed by atoms with Crippen molar-refractivity contribution in [3.8, 4) is 5.75 Å². The minimum atomic E-state index is -2.85. The highest BCUT2D eigenvalue weighted by Crippen LogP contribution is 2.23. The van der Waals surface area contributed by atoms with Gasteiger partial charge in [0.05, 0.1) is 12.2 Å². The van der Waals surface area contributed by atoms with Gasteiger partial charge in [0.2, 0.25) is 11.8 Å². The van der Waals surface area contributed by atoms with E-state index in [2.05, 4.69) is 4.74 Å². The Hall–Kier alpha value is -2.22. The van der Waals surface area contributed by atoms with E-state index in [9.17, 15) is 18.4 Å². The van der Waals surface area contributed by atoms with Crippen molar-refractivity contribution in [1.29, 1.82) is 0 Å². The number of benzene rings is 1. The molecule has 2 aliphatic heterocycles. The molecule has 6 nitrogen and oxygen atoms in total. The Kier molecular flexibility index (Phi) is 7.64. The first-order chi connectivity index (χ1) is 14.3. The first-order valence-corrected chi connectivity index (χ1v) is 10.6. The lowest BCUT2D eigenvalue weighted by Crippen LogP contribution is -2.51. The lowest BCUT2D eigenvalue weighted by Gasteiger charge is -2.39. The Morgan fingerprint density at radius 1 is 1.07 bits per heavy atom. The first kappa shape index (κ1) is 22.5. The van der Waals surface area contributed by atoms with Crippen LogP contribution in [0.1, 0.15) is 38.7 Å². The number of alkyl halides is 2. The fourth-order valence-electron chi connectivity index (χ4n) is 4.24. The summed E-state index contributed by atoms with van der Waals surface area (Å²) in [7, 11) is 0. The van der Waals surface area contributed by atoms with E-state index in [1.807, 2.05) is 23.6 Å². The van der Waals surface area contributed by atoms with Crippen LogP contribution in [0.5, 0.6) is 5.75 Å². The zero-order valence-corrected chi connectivity index (χ0v) is 17.6. The standard InChI is InChI=1S/C22H30F2N2O4/c1-15-13-26(14-16(2)29-15)21(28)18-9-11-25(12-10-18)20(27)8-5-17-3-6-19(7-4-17)30-22(23)24/h3-4,6-7,15-16,18,22H,5,8-14H2,1-2H3. The molecule has 0 aromatic heterocycles. The van der Waals surface area contributed by atoms with Crippen molar-refractivity contribution in [2.75, 3.05) is 26.2 Å². The first-order valence-electron chi connectivity index (χ1n) is 10.6. The summed E-state index contributed by atoms with van der Waals surface area (Å²) in [4.78, 5) is 29.1. The third-order valence-electron chi connectivity index (χ3n) is 5.70. The molecule has 0 N–H and O–H groups in total. The van der Waals surface area contributed by atoms with Gasteiger partial charge < -0.3 is 19.3 Å². The molecule has 2 heterocycles. The number of carbonyl (C=O) groups is 2. The van der Waals surface area contributed by atoms with Gasteiger partial charge in [-0.3, -0.25) is 9.59 Å². The molecule has 2 unspecified atom stereocenters. The number of hydrogen-bond donors (Lipinski definition) is 0. The maximum atomic E-state index is 12.8. The molecule has 2 fully saturated rings. The number of morpholine rings is 1. The number of piperidine rings is 1. The van der Waals surface area contributed by atoms with Crippen molar-refractivity contribution in [1.82, 2.24) is 9.80 Å². The molecule has 2 aliphatic rings. The van der Waals surface area contributed by atoms with Gasteiger partial charge in [0, 0.05) is 38.5 Å². The number of rotatable bonds is 6. The number of ether oxygens (including phenoxy) is 2. The van der Waals surface area contributed by atoms with Crippen molar-refractivity contribution in [3.63, 3.8) is 0 Å². The largest absolute Gasteiger partial charge is 0.435 e. The molecule has 30 heavy (non-hydrogen) atoms. The summed E-state index contributed by atoms with van der Waals surface area (Å²) in [6.07, 6.45) is 2.36. The molecular weight excluding hydrogens is 394 g/mol. The second-order valence-corrected chi connectivity index (χ2v) is 8.18. The summed E-state index contributed by atoms with van der Waals surface area (Å²) in [5.74, 6) is 0.308. The third kappa shape index (κ3) is 6.14. The average molecular weight is 424 g/mol. The molecule has 2 atom stereocenters. The maximum Gasteiger partial charge on any atom is 0.387 e. The molecule has 0 bridgehead atoms. The summed E-state index contributed by atoms with van der Waals surface area (Å²) < 4.78 is 34.4. The molecule has 0 spiro atoms. The quantitative estimate of drug-likeness (QED) is 0.704. The van der Waals surface area contributed by atoms with E-state index < -0.39 is 6.61 Å². The smallest absolute Gasteiger partial charge is 0.387 e. The van der Waals surface area contributed by atoms with E-state index in [1.165, 1.54) is 12.1 Å². The van der Waals surface area contributed by atoms with Crippen LogP contribution in [-0.2, 0) is 20.7 Å². The van der Waals surface area contributed by atoms with Gasteiger partial charge in [-0.15, -0.1) is 0 Å². The predicted molar refractivity (Wildman–Crippen MR) is 107 cm³/mol. The second kappa shape index (κ2) is 10.2. The van der Waals surface area contributed by atoms with Crippen LogP contribution in [0.15, 0.2) is 24.3 Å². The van der Waals surface area contributed by atoms with Crippen LogP contribution in [0.25, 0.3) is 0 Å². The highest BCUT2D eigenvalue weighted by atomic mass is 19.3. The van der Waals surface area contributed by atoms with Crippen molar-refractivity contribution >= 4 is 11.8 Å². The van der Waals surface area contributed by atoms with Crippen LogP contribution in [-0.4, -0.2) is 66.6 Å². The molecule has 166 valence electrons. The molecule has 0 saturated carbocycles. The topological polar surface area (TPSA) is 59.1 Å². The number of carbonyl (C=O) groups excluding carboxylic acids is 2. The number of hydrogen-bond acceptors (Lipinski definition) is 4. The van der Waals surface area contributed by atoms with E-state index in [0.717, 1.165) is 5.56 Å². The van der Waals surface area contributed by atoms with Gasteiger partial charge in [-0.25, -0.2) is 0 Å². The van der Waals surface area contributed by atoms with Crippen molar-refractivity contribution < 1.29 is 27.8 Å². The minimum absolute atomic E-state index is 0.0334. The van der Waals surface area contributed by atoms with Gasteiger partial charge in [0.25, 0.3) is 0 Å². The number of nitrogens with zero attached hydrogens (tertiary/aromatic N) is 2. The third-order valence-corrected chi connectivity index (χ3v) is 5.70. The second-order valence-electron chi connectivity index (χ2n) is 8.18. The zero-order valence-electron chi connectivity index (χ0n) is 17.6. The molecule has 0 radical (unpaired) electrons. The SMILES string of the molecule is CC1CN(C(=O)C2CCN(C(=O)CCc3ccc(OC(F)F)cc3)CC2)CC(C)O1. The zero-order chi connectivity index (χ0) is 21.7. The van der Waals surface area contributed by atoms with Gasteiger partial charge in [0.15, 0.2) is 0 Å². The van der Waals surface area contributed by atoms with Crippen LogP contribution < -0.4 is 4.74 Å². The van der Waals surface area contributed by atoms with Crippen molar-refractivity contribution in [2.24, 2.45) is 5.92 Å². The van der Waals surface area contributed by atoms with Crippen molar-refractivity contribution in [2.45, 2.75) is 58.4 Å². The molecule has 2 saturated heterocycles. The average Bonchev–Trinajstić information content (AvgIpc) is 2.71. The van der Waals surface area contributed by atoms with Crippen LogP contribution in [0, 0.1) is 5.92 Å². The van der Waals surface area contributed by atoms with Crippen molar-refractivity contribution in [3.05, 3.63) is 29.8 Å². The number of halogens is 2. The monoisotopic (exact) mass is 424 g/mol. The van der Waals surface area contributed by atoms with E-state index in [4.69, 9.17) is 4.74 Å². The summed E-state index contributed by atoms with van der Waals surface area (Å²) in [6.45, 7) is 3.56. The maximum absolute atomic E-state index is 12.8. The Bertz CT molecular complexity index is 710. The van der Waals surface area contributed by atoms with Crippen LogP contribution in [0.2, 0.25) is 0 Å². The molecule has 2 amide bonds. The lowest BCUT2D eigenvalue weighted by molar-refractivity contribution is -0.150. The van der Waals surface area contributed by atoms with E-state index in [0.29, 0.717) is 51.9 Å².